The SMILES string of the molecule is C#CCC(CCC)c1ccc(O)cc1. The molecular formula is C13H16O. The molecule has 0 spiro atoms. The lowest BCUT2D eigenvalue weighted by molar-refractivity contribution is 0.474. The predicted octanol–water partition coefficient (Wildman–Crippen LogP) is 3.30. The topological polar surface area (TPSA) is 20.2 Å². The van der Waals surface area contributed by atoms with E-state index in [1.165, 1.54) is 5.56 Å². The number of hydrogen-bond donors (Lipinski definition) is 1. The molecule has 1 nitrogen and oxygen atoms in total. The second-order valence-electron chi connectivity index (χ2n) is 3.49. The molecule has 1 N–H and O–H groups in total. The average Bonchev–Trinajstić information content (AvgIpc) is 2.19. The summed E-state index contributed by atoms with van der Waals surface area (Å²) in [5, 5.41) is 9.16. The van der Waals surface area contributed by atoms with Crippen LogP contribution in [0.4, 0.5) is 0 Å². The highest BCUT2D eigenvalue weighted by Crippen LogP contribution is 2.25. The Morgan fingerprint density at radius 2 is 2.00 bits per heavy atom. The summed E-state index contributed by atoms with van der Waals surface area (Å²) in [6, 6.07) is 7.34. The van der Waals surface area contributed by atoms with E-state index < -0.39 is 0 Å². The van der Waals surface area contributed by atoms with Gasteiger partial charge in [0.05, 0.1) is 0 Å². The van der Waals surface area contributed by atoms with E-state index in [9.17, 15) is 0 Å². The average molecular weight is 188 g/mol. The van der Waals surface area contributed by atoms with Gasteiger partial charge >= 0.3 is 0 Å². The molecule has 0 aliphatic heterocycles. The molecular weight excluding hydrogens is 172 g/mol. The molecule has 0 amide bonds. The Morgan fingerprint density at radius 1 is 1.36 bits per heavy atom. The molecule has 74 valence electrons. The number of terminal acetylenes is 1. The molecule has 0 saturated heterocycles. The van der Waals surface area contributed by atoms with Crippen molar-refractivity contribution in [1.29, 1.82) is 0 Å². The summed E-state index contributed by atoms with van der Waals surface area (Å²) in [5.41, 5.74) is 1.22. The van der Waals surface area contributed by atoms with Crippen LogP contribution in [-0.2, 0) is 0 Å². The van der Waals surface area contributed by atoms with Crippen LogP contribution in [0.5, 0.6) is 5.75 Å². The van der Waals surface area contributed by atoms with Crippen LogP contribution in [0.2, 0.25) is 0 Å². The summed E-state index contributed by atoms with van der Waals surface area (Å²) in [4.78, 5) is 0. The van der Waals surface area contributed by atoms with Crippen molar-refractivity contribution in [2.45, 2.75) is 32.1 Å². The molecule has 1 rings (SSSR count). The molecule has 0 aliphatic carbocycles. The van der Waals surface area contributed by atoms with Crippen molar-refractivity contribution in [2.75, 3.05) is 0 Å². The van der Waals surface area contributed by atoms with E-state index in [4.69, 9.17) is 11.5 Å². The molecule has 0 bridgehead atoms. The number of phenols is 1. The Bertz CT molecular complexity index is 305. The first-order valence-electron chi connectivity index (χ1n) is 5.00. The van der Waals surface area contributed by atoms with Crippen LogP contribution >= 0.6 is 0 Å². The van der Waals surface area contributed by atoms with E-state index in [1.54, 1.807) is 12.1 Å². The standard InChI is InChI=1S/C13H16O/c1-3-5-11(6-4-2)12-7-9-13(14)10-8-12/h1,7-11,14H,4-6H2,2H3. The van der Waals surface area contributed by atoms with Crippen LogP contribution in [-0.4, -0.2) is 5.11 Å². The van der Waals surface area contributed by atoms with E-state index >= 15 is 0 Å². The van der Waals surface area contributed by atoms with Crippen LogP contribution in [0.3, 0.4) is 0 Å². The summed E-state index contributed by atoms with van der Waals surface area (Å²) in [6.45, 7) is 2.16. The highest BCUT2D eigenvalue weighted by Gasteiger charge is 2.08. The summed E-state index contributed by atoms with van der Waals surface area (Å²) in [6.07, 6.45) is 8.34. The van der Waals surface area contributed by atoms with Gasteiger partial charge in [0.15, 0.2) is 0 Å². The van der Waals surface area contributed by atoms with Gasteiger partial charge in [0.1, 0.15) is 5.75 Å². The van der Waals surface area contributed by atoms with Crippen molar-refractivity contribution < 1.29 is 5.11 Å². The lowest BCUT2D eigenvalue weighted by atomic mass is 9.92. The number of benzene rings is 1. The maximum absolute atomic E-state index is 9.16. The zero-order valence-electron chi connectivity index (χ0n) is 8.53. The number of rotatable bonds is 4. The van der Waals surface area contributed by atoms with E-state index in [-0.39, 0.29) is 0 Å². The summed E-state index contributed by atoms with van der Waals surface area (Å²) < 4.78 is 0. The summed E-state index contributed by atoms with van der Waals surface area (Å²) in [5.74, 6) is 3.45. The number of aromatic hydroxyl groups is 1. The van der Waals surface area contributed by atoms with Gasteiger partial charge in [-0.2, -0.15) is 0 Å². The third-order valence-electron chi connectivity index (χ3n) is 2.37. The van der Waals surface area contributed by atoms with E-state index in [2.05, 4.69) is 12.8 Å². The molecule has 1 aromatic rings. The van der Waals surface area contributed by atoms with Gasteiger partial charge in [0.2, 0.25) is 0 Å². The minimum atomic E-state index is 0.310. The minimum absolute atomic E-state index is 0.310. The number of phenolic OH excluding ortho intramolecular Hbond substituents is 1. The van der Waals surface area contributed by atoms with Gasteiger partial charge < -0.3 is 5.11 Å². The Balaban J connectivity index is 2.77. The minimum Gasteiger partial charge on any atom is -0.508 e. The van der Waals surface area contributed by atoms with Crippen molar-refractivity contribution in [2.24, 2.45) is 0 Å². The van der Waals surface area contributed by atoms with Crippen LogP contribution in [0, 0.1) is 12.3 Å². The fourth-order valence-electron chi connectivity index (χ4n) is 1.62. The monoisotopic (exact) mass is 188 g/mol. The van der Waals surface area contributed by atoms with Crippen molar-refractivity contribution in [3.8, 4) is 18.1 Å². The first-order chi connectivity index (χ1) is 6.77. The van der Waals surface area contributed by atoms with Gasteiger partial charge in [-0.1, -0.05) is 25.5 Å². The maximum atomic E-state index is 9.16. The smallest absolute Gasteiger partial charge is 0.115 e. The van der Waals surface area contributed by atoms with Gasteiger partial charge in [-0.25, -0.2) is 0 Å². The van der Waals surface area contributed by atoms with Crippen molar-refractivity contribution in [1.82, 2.24) is 0 Å². The van der Waals surface area contributed by atoms with Crippen LogP contribution in [0.15, 0.2) is 24.3 Å². The van der Waals surface area contributed by atoms with Gasteiger partial charge in [-0.15, -0.1) is 12.3 Å². The van der Waals surface area contributed by atoms with Crippen LogP contribution < -0.4 is 0 Å². The molecule has 0 aliphatic rings. The largest absolute Gasteiger partial charge is 0.508 e. The Labute approximate surface area is 85.8 Å². The fourth-order valence-corrected chi connectivity index (χ4v) is 1.62. The number of hydrogen-bond acceptors (Lipinski definition) is 1. The van der Waals surface area contributed by atoms with Crippen molar-refractivity contribution in [3.05, 3.63) is 29.8 Å². The van der Waals surface area contributed by atoms with Gasteiger partial charge in [0.25, 0.3) is 0 Å². The third-order valence-corrected chi connectivity index (χ3v) is 2.37. The molecule has 0 aromatic heterocycles. The Hall–Kier alpha value is -1.42. The lowest BCUT2D eigenvalue weighted by Crippen LogP contribution is -1.96. The molecule has 0 heterocycles. The van der Waals surface area contributed by atoms with Gasteiger partial charge in [-0.3, -0.25) is 0 Å². The second kappa shape index (κ2) is 5.34. The summed E-state index contributed by atoms with van der Waals surface area (Å²) in [7, 11) is 0. The second-order valence-corrected chi connectivity index (χ2v) is 3.49. The zero-order chi connectivity index (χ0) is 10.4. The van der Waals surface area contributed by atoms with Crippen LogP contribution in [0.25, 0.3) is 0 Å². The molecule has 0 saturated carbocycles. The van der Waals surface area contributed by atoms with Crippen molar-refractivity contribution >= 4 is 0 Å². The fraction of sp³-hybridized carbons (Fsp3) is 0.385. The predicted molar refractivity (Wildman–Crippen MR) is 59.2 cm³/mol. The van der Waals surface area contributed by atoms with E-state index in [1.807, 2.05) is 12.1 Å². The maximum Gasteiger partial charge on any atom is 0.115 e. The van der Waals surface area contributed by atoms with E-state index in [0.29, 0.717) is 11.7 Å². The Morgan fingerprint density at radius 3 is 2.50 bits per heavy atom. The quantitative estimate of drug-likeness (QED) is 0.719. The normalized spacial score (nSPS) is 12.0. The van der Waals surface area contributed by atoms with Gasteiger partial charge in [-0.05, 0) is 30.0 Å². The molecule has 1 atom stereocenters. The molecule has 1 aromatic carbocycles. The lowest BCUT2D eigenvalue weighted by Gasteiger charge is -2.13. The van der Waals surface area contributed by atoms with Gasteiger partial charge in [0, 0.05) is 6.42 Å². The Kier molecular flexibility index (Phi) is 4.07. The first-order valence-corrected chi connectivity index (χ1v) is 5.00. The van der Waals surface area contributed by atoms with E-state index in [0.717, 1.165) is 19.3 Å². The third kappa shape index (κ3) is 2.81. The highest BCUT2D eigenvalue weighted by atomic mass is 16.3. The highest BCUT2D eigenvalue weighted by molar-refractivity contribution is 5.28. The molecule has 1 unspecified atom stereocenters. The zero-order valence-corrected chi connectivity index (χ0v) is 8.53. The first kappa shape index (κ1) is 10.7. The molecule has 0 radical (unpaired) electrons. The van der Waals surface area contributed by atoms with Crippen molar-refractivity contribution in [3.63, 3.8) is 0 Å². The summed E-state index contributed by atoms with van der Waals surface area (Å²) >= 11 is 0. The van der Waals surface area contributed by atoms with Crippen LogP contribution in [0.1, 0.15) is 37.7 Å². The molecule has 0 fully saturated rings. The molecule has 1 heteroatoms. The molecule has 14 heavy (non-hydrogen) atoms.